The molecular weight excluding hydrogens is 670 g/mol. The average molecular weight is 685 g/mol. The van der Waals surface area contributed by atoms with Crippen molar-refractivity contribution in [3.05, 3.63) is 106 Å². The number of pyridine rings is 1. The number of amides is 1. The largest absolute Gasteiger partial charge is 0.573 e. The summed E-state index contributed by atoms with van der Waals surface area (Å²) in [6.45, 7) is 0. The summed E-state index contributed by atoms with van der Waals surface area (Å²) in [5.74, 6) is -1.22. The van der Waals surface area contributed by atoms with Gasteiger partial charge < -0.3 is 14.0 Å². The Morgan fingerprint density at radius 1 is 0.886 bits per heavy atom. The van der Waals surface area contributed by atoms with Crippen molar-refractivity contribution < 1.29 is 40.4 Å². The summed E-state index contributed by atoms with van der Waals surface area (Å²) in [5, 5.41) is 4.64. The Hall–Kier alpha value is -4.30. The number of hydrogen-bond acceptors (Lipinski definition) is 8. The summed E-state index contributed by atoms with van der Waals surface area (Å²) in [6, 6.07) is 17.3. The fourth-order valence-electron chi connectivity index (χ4n) is 3.86. The number of nitrogens with one attached hydrogen (secondary N) is 1. The van der Waals surface area contributed by atoms with Gasteiger partial charge in [0.2, 0.25) is 5.88 Å². The lowest BCUT2D eigenvalue weighted by Gasteiger charge is -2.11. The third kappa shape index (κ3) is 7.25. The van der Waals surface area contributed by atoms with Gasteiger partial charge >= 0.3 is 6.36 Å². The molecule has 5 rings (SSSR count). The first-order chi connectivity index (χ1) is 20.8. The quantitative estimate of drug-likeness (QED) is 0.174. The molecule has 0 fully saturated rings. The van der Waals surface area contributed by atoms with Crippen LogP contribution in [0.25, 0.3) is 22.5 Å². The molecule has 2 heterocycles. The number of hydrogen-bond donors (Lipinski definition) is 1. The summed E-state index contributed by atoms with van der Waals surface area (Å²) in [5.41, 5.74) is 0.0876. The molecule has 0 aliphatic rings. The fourth-order valence-corrected chi connectivity index (χ4v) is 5.50. The maximum Gasteiger partial charge on any atom is 0.573 e. The Bertz CT molecular complexity index is 1950. The molecule has 0 spiro atoms. The molecule has 9 nitrogen and oxygen atoms in total. The van der Waals surface area contributed by atoms with E-state index in [4.69, 9.17) is 44.1 Å². The van der Waals surface area contributed by atoms with Gasteiger partial charge in [-0.25, -0.2) is 18.1 Å². The van der Waals surface area contributed by atoms with Crippen molar-refractivity contribution >= 4 is 50.7 Å². The van der Waals surface area contributed by atoms with Gasteiger partial charge in [-0.3, -0.25) is 4.79 Å². The number of ether oxygens (including phenoxy) is 2. The minimum Gasteiger partial charge on any atom is -0.439 e. The van der Waals surface area contributed by atoms with E-state index in [-0.39, 0.29) is 32.8 Å². The van der Waals surface area contributed by atoms with Crippen molar-refractivity contribution in [3.8, 4) is 39.8 Å². The Labute approximate surface area is 262 Å². The minimum absolute atomic E-state index is 0.00669. The molecule has 0 saturated carbocycles. The van der Waals surface area contributed by atoms with E-state index in [1.165, 1.54) is 30.5 Å². The van der Waals surface area contributed by atoms with Gasteiger partial charge in [0.25, 0.3) is 15.9 Å². The van der Waals surface area contributed by atoms with Crippen LogP contribution in [0, 0.1) is 0 Å². The summed E-state index contributed by atoms with van der Waals surface area (Å²) >= 11 is 18.5. The first-order valence-electron chi connectivity index (χ1n) is 12.1. The van der Waals surface area contributed by atoms with Crippen LogP contribution in [0.1, 0.15) is 10.5 Å². The van der Waals surface area contributed by atoms with Crippen molar-refractivity contribution in [1.82, 2.24) is 14.9 Å². The van der Waals surface area contributed by atoms with Crippen LogP contribution in [-0.2, 0) is 10.0 Å². The number of nitrogens with zero attached hydrogens (tertiary/aromatic N) is 2. The third-order valence-electron chi connectivity index (χ3n) is 5.72. The smallest absolute Gasteiger partial charge is 0.439 e. The highest BCUT2D eigenvalue weighted by molar-refractivity contribution is 7.90. The van der Waals surface area contributed by atoms with Crippen LogP contribution in [0.2, 0.25) is 15.1 Å². The van der Waals surface area contributed by atoms with Gasteiger partial charge in [0, 0.05) is 33.4 Å². The summed E-state index contributed by atoms with van der Waals surface area (Å²) < 4.78 is 80.0. The van der Waals surface area contributed by atoms with Crippen LogP contribution in [0.4, 0.5) is 13.2 Å². The number of carbonyl (C=O) groups is 1. The second-order valence-electron chi connectivity index (χ2n) is 8.76. The Balaban J connectivity index is 1.47. The van der Waals surface area contributed by atoms with E-state index in [2.05, 4.69) is 14.9 Å². The zero-order valence-corrected chi connectivity index (χ0v) is 24.7. The number of sulfonamides is 1. The van der Waals surface area contributed by atoms with Gasteiger partial charge in [0.15, 0.2) is 11.5 Å². The second-order valence-corrected chi connectivity index (χ2v) is 11.7. The minimum atomic E-state index is -4.97. The zero-order valence-electron chi connectivity index (χ0n) is 21.6. The molecule has 0 unspecified atom stereocenters. The van der Waals surface area contributed by atoms with Gasteiger partial charge in [0.05, 0.1) is 15.5 Å². The molecule has 1 N–H and O–H groups in total. The van der Waals surface area contributed by atoms with Crippen LogP contribution >= 0.6 is 34.8 Å². The summed E-state index contributed by atoms with van der Waals surface area (Å²) in [7, 11) is -4.59. The molecule has 0 aliphatic heterocycles. The highest BCUT2D eigenvalue weighted by Gasteiger charge is 2.32. The number of rotatable bonds is 8. The molecular formula is C28H15Cl3F3N3O6S. The Morgan fingerprint density at radius 2 is 1.61 bits per heavy atom. The molecule has 0 saturated heterocycles. The van der Waals surface area contributed by atoms with E-state index in [0.29, 0.717) is 16.3 Å². The van der Waals surface area contributed by atoms with E-state index >= 15 is 0 Å². The van der Waals surface area contributed by atoms with E-state index in [0.717, 1.165) is 24.3 Å². The van der Waals surface area contributed by atoms with Crippen molar-refractivity contribution in [2.75, 3.05) is 0 Å². The molecule has 3 aromatic carbocycles. The normalized spacial score (nSPS) is 11.7. The van der Waals surface area contributed by atoms with Crippen molar-refractivity contribution in [1.29, 1.82) is 0 Å². The van der Waals surface area contributed by atoms with Crippen molar-refractivity contribution in [2.45, 2.75) is 11.3 Å². The molecule has 5 aromatic rings. The lowest BCUT2D eigenvalue weighted by molar-refractivity contribution is -0.274. The predicted molar refractivity (Wildman–Crippen MR) is 154 cm³/mol. The van der Waals surface area contributed by atoms with Crippen LogP contribution in [0.5, 0.6) is 17.4 Å². The highest BCUT2D eigenvalue weighted by Crippen LogP contribution is 2.40. The number of halogens is 6. The third-order valence-corrected chi connectivity index (χ3v) is 7.85. The molecule has 0 bridgehead atoms. The first-order valence-corrected chi connectivity index (χ1v) is 14.7. The molecule has 1 amide bonds. The number of alkyl halides is 3. The molecule has 16 heteroatoms. The van der Waals surface area contributed by atoms with Crippen molar-refractivity contribution in [2.24, 2.45) is 0 Å². The van der Waals surface area contributed by atoms with Gasteiger partial charge in [-0.2, -0.15) is 0 Å². The van der Waals surface area contributed by atoms with Crippen LogP contribution < -0.4 is 14.2 Å². The van der Waals surface area contributed by atoms with Crippen LogP contribution in [0.3, 0.4) is 0 Å². The Morgan fingerprint density at radius 3 is 2.25 bits per heavy atom. The fraction of sp³-hybridized carbons (Fsp3) is 0.0357. The number of carbonyl (C=O) groups excluding carboxylic acids is 1. The van der Waals surface area contributed by atoms with Crippen LogP contribution in [-0.4, -0.2) is 30.8 Å². The monoisotopic (exact) mass is 683 g/mol. The van der Waals surface area contributed by atoms with E-state index in [9.17, 15) is 26.4 Å². The molecule has 0 atom stereocenters. The molecule has 44 heavy (non-hydrogen) atoms. The van der Waals surface area contributed by atoms with E-state index in [1.54, 1.807) is 30.3 Å². The number of benzene rings is 3. The first kappa shape index (κ1) is 31.1. The SMILES string of the molecule is O=C(NS(=O)(=O)c1ccc(OC(F)(F)F)cc1)c1noc(-c2ccc(Oc3cccc(Cl)c3)nc2)c1-c1ccc(Cl)cc1Cl. The van der Waals surface area contributed by atoms with Gasteiger partial charge in [0.1, 0.15) is 11.5 Å². The van der Waals surface area contributed by atoms with E-state index < -0.39 is 38.6 Å². The summed E-state index contributed by atoms with van der Waals surface area (Å²) in [6.07, 6.45) is -3.60. The molecule has 2 aromatic heterocycles. The molecule has 0 aliphatic carbocycles. The van der Waals surface area contributed by atoms with E-state index in [1.807, 2.05) is 4.72 Å². The average Bonchev–Trinajstić information content (AvgIpc) is 3.38. The van der Waals surface area contributed by atoms with Crippen molar-refractivity contribution in [3.63, 3.8) is 0 Å². The lowest BCUT2D eigenvalue weighted by Crippen LogP contribution is -2.31. The lowest BCUT2D eigenvalue weighted by atomic mass is 10.00. The maximum absolute atomic E-state index is 13.3. The Kier molecular flexibility index (Phi) is 8.75. The van der Waals surface area contributed by atoms with Gasteiger partial charge in [-0.05, 0) is 60.7 Å². The molecule has 0 radical (unpaired) electrons. The predicted octanol–water partition coefficient (Wildman–Crippen LogP) is 8.17. The highest BCUT2D eigenvalue weighted by atomic mass is 35.5. The molecule has 226 valence electrons. The van der Waals surface area contributed by atoms with Gasteiger partial charge in [-0.1, -0.05) is 52.1 Å². The topological polar surface area (TPSA) is 121 Å². The maximum atomic E-state index is 13.3. The number of aromatic nitrogens is 2. The standard InChI is InChI=1S/C28H15Cl3F3N3O6S/c29-16-2-1-3-19(12-16)41-23-11-4-15(14-35-23)26-24(21-10-5-17(30)13-22(21)31)25(36-43-26)27(38)37-44(39,40)20-8-6-18(7-9-20)42-28(32,33)34/h1-14H,(H,37,38). The second kappa shape index (κ2) is 12.4. The van der Waals surface area contributed by atoms with Gasteiger partial charge in [-0.15, -0.1) is 13.2 Å². The van der Waals surface area contributed by atoms with Crippen LogP contribution in [0.15, 0.2) is 94.5 Å². The zero-order chi connectivity index (χ0) is 31.6. The summed E-state index contributed by atoms with van der Waals surface area (Å²) in [4.78, 5) is 17.0.